The van der Waals surface area contributed by atoms with Gasteiger partial charge in [-0.1, -0.05) is 19.1 Å². The standard InChI is InChI=1S/C22H22FN7O2/c1-5-15-7-6-8-19(30-22(31)29(4)27-28-30)18(15)12-32-21-13(2)9-17(14(3)26-21)20-24-10-16(23)11-25-20/h6-11H,5,12H2,1-4H3. The zero-order valence-electron chi connectivity index (χ0n) is 18.2. The molecule has 0 unspecified atom stereocenters. The van der Waals surface area contributed by atoms with E-state index >= 15 is 0 Å². The van der Waals surface area contributed by atoms with Crippen LogP contribution in [0.2, 0.25) is 0 Å². The monoisotopic (exact) mass is 435 g/mol. The predicted molar refractivity (Wildman–Crippen MR) is 115 cm³/mol. The van der Waals surface area contributed by atoms with E-state index in [1.165, 1.54) is 9.36 Å². The van der Waals surface area contributed by atoms with Crippen LogP contribution in [0.1, 0.15) is 29.3 Å². The van der Waals surface area contributed by atoms with Crippen LogP contribution in [0.15, 0.2) is 41.5 Å². The molecule has 0 saturated carbocycles. The maximum atomic E-state index is 13.2. The van der Waals surface area contributed by atoms with Crippen molar-refractivity contribution in [1.29, 1.82) is 0 Å². The van der Waals surface area contributed by atoms with E-state index in [0.717, 1.165) is 35.5 Å². The molecule has 0 amide bonds. The number of halogens is 1. The molecule has 0 bridgehead atoms. The van der Waals surface area contributed by atoms with Gasteiger partial charge in [0.15, 0.2) is 11.6 Å². The van der Waals surface area contributed by atoms with Gasteiger partial charge in [0.2, 0.25) is 5.88 Å². The number of pyridine rings is 1. The van der Waals surface area contributed by atoms with Gasteiger partial charge in [0.1, 0.15) is 6.61 Å². The van der Waals surface area contributed by atoms with Crippen LogP contribution < -0.4 is 10.4 Å². The fourth-order valence-electron chi connectivity index (χ4n) is 3.43. The largest absolute Gasteiger partial charge is 0.472 e. The molecule has 4 rings (SSSR count). The SMILES string of the molecule is CCc1cccc(-n2nnn(C)c2=O)c1COc1nc(C)c(-c2ncc(F)cn2)cc1C. The van der Waals surface area contributed by atoms with E-state index in [-0.39, 0.29) is 12.3 Å². The van der Waals surface area contributed by atoms with Crippen LogP contribution in [0.4, 0.5) is 4.39 Å². The average Bonchev–Trinajstić information content (AvgIpc) is 3.12. The summed E-state index contributed by atoms with van der Waals surface area (Å²) in [7, 11) is 1.55. The van der Waals surface area contributed by atoms with Crippen LogP contribution in [0.25, 0.3) is 17.1 Å². The highest BCUT2D eigenvalue weighted by Gasteiger charge is 2.16. The van der Waals surface area contributed by atoms with Crippen molar-refractivity contribution in [2.75, 3.05) is 0 Å². The Labute approximate surface area is 183 Å². The number of aryl methyl sites for hydroxylation is 4. The molecule has 0 fully saturated rings. The summed E-state index contributed by atoms with van der Waals surface area (Å²) in [5.74, 6) is 0.354. The zero-order chi connectivity index (χ0) is 22.8. The Kier molecular flexibility index (Phi) is 5.76. The van der Waals surface area contributed by atoms with Crippen molar-refractivity contribution in [2.24, 2.45) is 7.05 Å². The molecular weight excluding hydrogens is 413 g/mol. The number of hydrogen-bond acceptors (Lipinski definition) is 7. The first kappa shape index (κ1) is 21.3. The quantitative estimate of drug-likeness (QED) is 0.459. The third-order valence-electron chi connectivity index (χ3n) is 5.15. The summed E-state index contributed by atoms with van der Waals surface area (Å²) >= 11 is 0. The minimum atomic E-state index is -0.497. The van der Waals surface area contributed by atoms with Gasteiger partial charge in [0.25, 0.3) is 0 Å². The lowest BCUT2D eigenvalue weighted by Gasteiger charge is -2.16. The Hall–Kier alpha value is -3.95. The van der Waals surface area contributed by atoms with Crippen molar-refractivity contribution < 1.29 is 9.13 Å². The number of benzene rings is 1. The summed E-state index contributed by atoms with van der Waals surface area (Å²) in [5.41, 5.74) is 4.29. The summed E-state index contributed by atoms with van der Waals surface area (Å²) in [4.78, 5) is 25.0. The molecule has 0 aliphatic heterocycles. The second kappa shape index (κ2) is 8.66. The third kappa shape index (κ3) is 3.98. The van der Waals surface area contributed by atoms with Crippen molar-refractivity contribution in [3.8, 4) is 23.0 Å². The molecule has 0 N–H and O–H groups in total. The summed E-state index contributed by atoms with van der Waals surface area (Å²) in [6.45, 7) is 5.92. The highest BCUT2D eigenvalue weighted by Crippen LogP contribution is 2.27. The van der Waals surface area contributed by atoms with E-state index in [4.69, 9.17) is 4.74 Å². The molecule has 0 aliphatic carbocycles. The fourth-order valence-corrected chi connectivity index (χ4v) is 3.43. The van der Waals surface area contributed by atoms with E-state index in [1.54, 1.807) is 7.05 Å². The van der Waals surface area contributed by atoms with Gasteiger partial charge in [-0.25, -0.2) is 24.1 Å². The van der Waals surface area contributed by atoms with Crippen molar-refractivity contribution in [1.82, 2.24) is 34.7 Å². The van der Waals surface area contributed by atoms with Crippen LogP contribution >= 0.6 is 0 Å². The molecule has 0 aliphatic rings. The summed E-state index contributed by atoms with van der Waals surface area (Å²) in [6, 6.07) is 7.55. The van der Waals surface area contributed by atoms with Gasteiger partial charge in [-0.2, -0.15) is 9.36 Å². The molecule has 3 aromatic heterocycles. The lowest BCUT2D eigenvalue weighted by molar-refractivity contribution is 0.289. The van der Waals surface area contributed by atoms with Gasteiger partial charge < -0.3 is 4.74 Å². The Morgan fingerprint density at radius 3 is 2.53 bits per heavy atom. The maximum Gasteiger partial charge on any atom is 0.368 e. The maximum absolute atomic E-state index is 13.2. The minimum absolute atomic E-state index is 0.196. The zero-order valence-corrected chi connectivity index (χ0v) is 18.2. The van der Waals surface area contributed by atoms with Crippen LogP contribution in [-0.4, -0.2) is 34.7 Å². The molecule has 0 atom stereocenters. The van der Waals surface area contributed by atoms with Crippen LogP contribution in [0.3, 0.4) is 0 Å². The van der Waals surface area contributed by atoms with E-state index < -0.39 is 5.82 Å². The van der Waals surface area contributed by atoms with Crippen molar-refractivity contribution in [3.63, 3.8) is 0 Å². The first-order chi connectivity index (χ1) is 15.4. The summed E-state index contributed by atoms with van der Waals surface area (Å²) < 4.78 is 21.7. The van der Waals surface area contributed by atoms with Gasteiger partial charge in [0, 0.05) is 23.7 Å². The van der Waals surface area contributed by atoms with Gasteiger partial charge in [-0.3, -0.25) is 0 Å². The van der Waals surface area contributed by atoms with Crippen molar-refractivity contribution >= 4 is 0 Å². The third-order valence-corrected chi connectivity index (χ3v) is 5.15. The lowest BCUT2D eigenvalue weighted by Crippen LogP contribution is -2.23. The minimum Gasteiger partial charge on any atom is -0.472 e. The molecule has 0 spiro atoms. The molecule has 1 aromatic carbocycles. The predicted octanol–water partition coefficient (Wildman–Crippen LogP) is 2.72. The van der Waals surface area contributed by atoms with E-state index in [2.05, 4.69) is 25.4 Å². The van der Waals surface area contributed by atoms with Crippen molar-refractivity contribution in [3.05, 3.63) is 75.3 Å². The van der Waals surface area contributed by atoms with E-state index in [1.807, 2.05) is 45.0 Å². The Morgan fingerprint density at radius 1 is 1.12 bits per heavy atom. The van der Waals surface area contributed by atoms with Crippen LogP contribution in [0.5, 0.6) is 5.88 Å². The highest BCUT2D eigenvalue weighted by molar-refractivity contribution is 5.60. The number of ether oxygens (including phenoxy) is 1. The molecule has 0 radical (unpaired) electrons. The number of rotatable bonds is 6. The number of nitrogens with zero attached hydrogens (tertiary/aromatic N) is 7. The van der Waals surface area contributed by atoms with Gasteiger partial charge in [-0.15, -0.1) is 0 Å². The molecule has 4 aromatic rings. The first-order valence-corrected chi connectivity index (χ1v) is 10.1. The Balaban J connectivity index is 1.67. The molecule has 164 valence electrons. The van der Waals surface area contributed by atoms with Crippen molar-refractivity contribution in [2.45, 2.75) is 33.8 Å². The summed E-state index contributed by atoms with van der Waals surface area (Å²) in [6.07, 6.45) is 3.01. The highest BCUT2D eigenvalue weighted by atomic mass is 19.1. The van der Waals surface area contributed by atoms with E-state index in [0.29, 0.717) is 28.6 Å². The number of tetrazole rings is 1. The number of aromatic nitrogens is 7. The van der Waals surface area contributed by atoms with Gasteiger partial charge >= 0.3 is 5.69 Å². The average molecular weight is 435 g/mol. The number of hydrogen-bond donors (Lipinski definition) is 0. The van der Waals surface area contributed by atoms with E-state index in [9.17, 15) is 9.18 Å². The molecule has 0 saturated heterocycles. The van der Waals surface area contributed by atoms with Crippen LogP contribution in [0, 0.1) is 19.7 Å². The van der Waals surface area contributed by atoms with Crippen LogP contribution in [-0.2, 0) is 20.1 Å². The normalized spacial score (nSPS) is 11.0. The Morgan fingerprint density at radius 2 is 1.88 bits per heavy atom. The molecule has 32 heavy (non-hydrogen) atoms. The topological polar surface area (TPSA) is 101 Å². The molecule has 3 heterocycles. The first-order valence-electron chi connectivity index (χ1n) is 10.1. The van der Waals surface area contributed by atoms with Gasteiger partial charge in [-0.05, 0) is 48.4 Å². The molecule has 10 heteroatoms. The Bertz CT molecular complexity index is 1330. The lowest BCUT2D eigenvalue weighted by atomic mass is 10.0. The smallest absolute Gasteiger partial charge is 0.368 e. The molecule has 9 nitrogen and oxygen atoms in total. The molecular formula is C22H22FN7O2. The fraction of sp³-hybridized carbons (Fsp3) is 0.273. The summed E-state index contributed by atoms with van der Waals surface area (Å²) in [5, 5.41) is 7.77. The van der Waals surface area contributed by atoms with Gasteiger partial charge in [0.05, 0.1) is 23.8 Å². The second-order valence-electron chi connectivity index (χ2n) is 7.32. The second-order valence-corrected chi connectivity index (χ2v) is 7.32.